The maximum atomic E-state index is 12.8. The highest BCUT2D eigenvalue weighted by Gasteiger charge is 2.31. The van der Waals surface area contributed by atoms with Gasteiger partial charge in [0.25, 0.3) is 0 Å². The van der Waals surface area contributed by atoms with E-state index in [0.717, 1.165) is 34.1 Å². The molecule has 1 heterocycles. The second-order valence-corrected chi connectivity index (χ2v) is 7.48. The van der Waals surface area contributed by atoms with Crippen LogP contribution in [0.2, 0.25) is 0 Å². The van der Waals surface area contributed by atoms with Crippen LogP contribution < -0.4 is 14.8 Å². The van der Waals surface area contributed by atoms with E-state index in [4.69, 9.17) is 9.47 Å². The first-order valence-corrected chi connectivity index (χ1v) is 9.56. The number of benzene rings is 2. The molecule has 1 aliphatic heterocycles. The van der Waals surface area contributed by atoms with Crippen molar-refractivity contribution in [1.29, 1.82) is 0 Å². The summed E-state index contributed by atoms with van der Waals surface area (Å²) >= 11 is 1.74. The Kier molecular flexibility index (Phi) is 5.61. The number of rotatable bonds is 4. The second kappa shape index (κ2) is 7.91. The van der Waals surface area contributed by atoms with Gasteiger partial charge in [0.2, 0.25) is 0 Å². The topological polar surface area (TPSA) is 50.8 Å². The predicted molar refractivity (Wildman–Crippen MR) is 106 cm³/mol. The summed E-state index contributed by atoms with van der Waals surface area (Å²) in [5.41, 5.74) is 4.18. The van der Waals surface area contributed by atoms with Gasteiger partial charge >= 0.3 is 6.03 Å². The van der Waals surface area contributed by atoms with Crippen LogP contribution in [0.4, 0.5) is 10.5 Å². The van der Waals surface area contributed by atoms with Crippen LogP contribution in [0.1, 0.15) is 22.1 Å². The Balaban J connectivity index is 1.81. The average Bonchev–Trinajstić information content (AvgIpc) is 3.14. The second-order valence-electron chi connectivity index (χ2n) is 6.29. The molecule has 3 rings (SSSR count). The summed E-state index contributed by atoms with van der Waals surface area (Å²) in [6, 6.07) is 11.6. The SMILES string of the molecule is COc1cc(OC)cc([C@H]2SCCN2C(=O)Nc2ccc(C)c(C)c2)c1. The van der Waals surface area contributed by atoms with Crippen molar-refractivity contribution in [3.8, 4) is 11.5 Å². The summed E-state index contributed by atoms with van der Waals surface area (Å²) in [6.45, 7) is 4.80. The molecule has 0 aromatic heterocycles. The van der Waals surface area contributed by atoms with Gasteiger partial charge in [-0.25, -0.2) is 4.79 Å². The highest BCUT2D eigenvalue weighted by atomic mass is 32.2. The molecule has 0 spiro atoms. The van der Waals surface area contributed by atoms with Gasteiger partial charge in [-0.1, -0.05) is 6.07 Å². The summed E-state index contributed by atoms with van der Waals surface area (Å²) in [5.74, 6) is 2.34. The van der Waals surface area contributed by atoms with E-state index in [9.17, 15) is 4.79 Å². The van der Waals surface area contributed by atoms with Gasteiger partial charge in [-0.05, 0) is 54.8 Å². The largest absolute Gasteiger partial charge is 0.497 e. The molecule has 2 aromatic carbocycles. The summed E-state index contributed by atoms with van der Waals surface area (Å²) < 4.78 is 10.7. The van der Waals surface area contributed by atoms with E-state index >= 15 is 0 Å². The number of thioether (sulfide) groups is 1. The lowest BCUT2D eigenvalue weighted by Gasteiger charge is -2.25. The first kappa shape index (κ1) is 18.5. The minimum atomic E-state index is -0.0926. The number of urea groups is 1. The van der Waals surface area contributed by atoms with Gasteiger partial charge in [0, 0.05) is 24.1 Å². The molecular formula is C20H24N2O3S. The molecular weight excluding hydrogens is 348 g/mol. The maximum absolute atomic E-state index is 12.8. The first-order valence-electron chi connectivity index (χ1n) is 8.51. The van der Waals surface area contributed by atoms with E-state index in [0.29, 0.717) is 6.54 Å². The van der Waals surface area contributed by atoms with Crippen molar-refractivity contribution in [3.05, 3.63) is 53.1 Å². The third kappa shape index (κ3) is 3.90. The third-order valence-corrected chi connectivity index (χ3v) is 5.83. The van der Waals surface area contributed by atoms with Gasteiger partial charge in [0.05, 0.1) is 14.2 Å². The summed E-state index contributed by atoms with van der Waals surface area (Å²) in [7, 11) is 3.26. The standard InChI is InChI=1S/C20H24N2O3S/c1-13-5-6-16(9-14(13)2)21-20(23)22-7-8-26-19(22)15-10-17(24-3)12-18(11-15)25-4/h5-6,9-12,19H,7-8H2,1-4H3,(H,21,23)/t19-/m1/s1. The van der Waals surface area contributed by atoms with Crippen molar-refractivity contribution in [2.45, 2.75) is 19.2 Å². The highest BCUT2D eigenvalue weighted by Crippen LogP contribution is 2.40. The van der Waals surface area contributed by atoms with Crippen molar-refractivity contribution in [3.63, 3.8) is 0 Å². The van der Waals surface area contributed by atoms with Gasteiger partial charge in [0.1, 0.15) is 16.9 Å². The predicted octanol–water partition coefficient (Wildman–Crippen LogP) is 4.60. The van der Waals surface area contributed by atoms with E-state index in [1.54, 1.807) is 26.0 Å². The molecule has 6 heteroatoms. The minimum Gasteiger partial charge on any atom is -0.497 e. The maximum Gasteiger partial charge on any atom is 0.323 e. The Bertz CT molecular complexity index is 787. The van der Waals surface area contributed by atoms with Gasteiger partial charge in [0.15, 0.2) is 0 Å². The number of hydrogen-bond donors (Lipinski definition) is 1. The quantitative estimate of drug-likeness (QED) is 0.852. The Hall–Kier alpha value is -2.34. The fourth-order valence-corrected chi connectivity index (χ4v) is 4.18. The van der Waals surface area contributed by atoms with Gasteiger partial charge in [-0.15, -0.1) is 11.8 Å². The molecule has 0 bridgehead atoms. The molecule has 0 aliphatic carbocycles. The van der Waals surface area contributed by atoms with E-state index in [1.165, 1.54) is 5.56 Å². The molecule has 0 saturated carbocycles. The zero-order valence-corrected chi connectivity index (χ0v) is 16.4. The van der Waals surface area contributed by atoms with Gasteiger partial charge in [-0.2, -0.15) is 0 Å². The lowest BCUT2D eigenvalue weighted by Crippen LogP contribution is -2.34. The highest BCUT2D eigenvalue weighted by molar-refractivity contribution is 7.99. The number of anilines is 1. The number of carbonyl (C=O) groups excluding carboxylic acids is 1. The smallest absolute Gasteiger partial charge is 0.323 e. The molecule has 1 fully saturated rings. The number of hydrogen-bond acceptors (Lipinski definition) is 4. The van der Waals surface area contributed by atoms with Crippen LogP contribution in [0.5, 0.6) is 11.5 Å². The number of amides is 2. The molecule has 1 atom stereocenters. The molecule has 1 N–H and O–H groups in total. The summed E-state index contributed by atoms with van der Waals surface area (Å²) in [5, 5.41) is 2.96. The summed E-state index contributed by atoms with van der Waals surface area (Å²) in [4.78, 5) is 14.7. The third-order valence-electron chi connectivity index (χ3n) is 4.57. The number of nitrogens with zero attached hydrogens (tertiary/aromatic N) is 1. The molecule has 0 radical (unpaired) electrons. The molecule has 1 saturated heterocycles. The van der Waals surface area contributed by atoms with Crippen LogP contribution in [0.3, 0.4) is 0 Å². The van der Waals surface area contributed by atoms with E-state index in [1.807, 2.05) is 48.2 Å². The van der Waals surface area contributed by atoms with Crippen molar-refractivity contribution >= 4 is 23.5 Å². The van der Waals surface area contributed by atoms with Crippen LogP contribution in [-0.4, -0.2) is 37.4 Å². The van der Waals surface area contributed by atoms with Crippen molar-refractivity contribution in [1.82, 2.24) is 4.90 Å². The van der Waals surface area contributed by atoms with Gasteiger partial charge in [-0.3, -0.25) is 0 Å². The first-order chi connectivity index (χ1) is 12.5. The van der Waals surface area contributed by atoms with Crippen molar-refractivity contribution in [2.24, 2.45) is 0 Å². The molecule has 2 amide bonds. The Morgan fingerprint density at radius 2 is 1.77 bits per heavy atom. The van der Waals surface area contributed by atoms with E-state index < -0.39 is 0 Å². The Morgan fingerprint density at radius 3 is 2.38 bits per heavy atom. The molecule has 26 heavy (non-hydrogen) atoms. The van der Waals surface area contributed by atoms with E-state index in [-0.39, 0.29) is 11.4 Å². The lowest BCUT2D eigenvalue weighted by atomic mass is 10.1. The molecule has 1 aliphatic rings. The molecule has 138 valence electrons. The monoisotopic (exact) mass is 372 g/mol. The normalized spacial score (nSPS) is 16.5. The molecule has 2 aromatic rings. The Morgan fingerprint density at radius 1 is 1.08 bits per heavy atom. The summed E-state index contributed by atoms with van der Waals surface area (Å²) in [6.07, 6.45) is 0. The number of methoxy groups -OCH3 is 2. The van der Waals surface area contributed by atoms with Crippen LogP contribution in [0.25, 0.3) is 0 Å². The fourth-order valence-electron chi connectivity index (χ4n) is 2.94. The average molecular weight is 372 g/mol. The lowest BCUT2D eigenvalue weighted by molar-refractivity contribution is 0.214. The van der Waals surface area contributed by atoms with Gasteiger partial charge < -0.3 is 19.7 Å². The van der Waals surface area contributed by atoms with Crippen LogP contribution in [0, 0.1) is 13.8 Å². The van der Waals surface area contributed by atoms with E-state index in [2.05, 4.69) is 12.2 Å². The van der Waals surface area contributed by atoms with Crippen molar-refractivity contribution < 1.29 is 14.3 Å². The number of aryl methyl sites for hydroxylation is 2. The van der Waals surface area contributed by atoms with Crippen LogP contribution in [-0.2, 0) is 0 Å². The molecule has 0 unspecified atom stereocenters. The molecule has 5 nitrogen and oxygen atoms in total. The minimum absolute atomic E-state index is 0.0643. The number of carbonyl (C=O) groups is 1. The van der Waals surface area contributed by atoms with Crippen molar-refractivity contribution in [2.75, 3.05) is 31.8 Å². The Labute approximate surface area is 158 Å². The number of ether oxygens (including phenoxy) is 2. The number of nitrogens with one attached hydrogen (secondary N) is 1. The zero-order chi connectivity index (χ0) is 18.7. The fraction of sp³-hybridized carbons (Fsp3) is 0.350. The zero-order valence-electron chi connectivity index (χ0n) is 15.5. The van der Waals surface area contributed by atoms with Crippen LogP contribution >= 0.6 is 11.8 Å². The van der Waals surface area contributed by atoms with Crippen LogP contribution in [0.15, 0.2) is 36.4 Å².